The van der Waals surface area contributed by atoms with Crippen molar-refractivity contribution in [1.29, 1.82) is 10.5 Å². The van der Waals surface area contributed by atoms with E-state index < -0.39 is 0 Å². The minimum Gasteiger partial charge on any atom is -0.491 e. The Labute approximate surface area is 179 Å². The molecule has 0 atom stereocenters. The number of aliphatic hydroxyl groups excluding tert-OH is 1. The van der Waals surface area contributed by atoms with E-state index in [9.17, 15) is 10.5 Å². The standard InChI is InChI=1S/C23H20N4O2S/c24-14-19-21(17-6-8-18(9-7-17)29-12-11-28)20(15-25)23(27-22(19)26)30-13-10-16-4-2-1-3-5-16/h1-9,28H,10-13H2,(H2,26,27). The number of aliphatic hydroxyl groups is 1. The van der Waals surface area contributed by atoms with Crippen molar-refractivity contribution in [1.82, 2.24) is 4.98 Å². The van der Waals surface area contributed by atoms with Crippen LogP contribution >= 0.6 is 11.8 Å². The minimum atomic E-state index is -0.0800. The van der Waals surface area contributed by atoms with Crippen LogP contribution in [-0.4, -0.2) is 29.1 Å². The second-order valence-corrected chi connectivity index (χ2v) is 7.41. The molecule has 1 aromatic heterocycles. The number of pyridine rings is 1. The Morgan fingerprint density at radius 3 is 2.33 bits per heavy atom. The van der Waals surface area contributed by atoms with Gasteiger partial charge in [-0.15, -0.1) is 11.8 Å². The molecule has 0 fully saturated rings. The largest absolute Gasteiger partial charge is 0.491 e. The van der Waals surface area contributed by atoms with Gasteiger partial charge in [0.15, 0.2) is 0 Å². The van der Waals surface area contributed by atoms with Gasteiger partial charge in [-0.1, -0.05) is 42.5 Å². The monoisotopic (exact) mass is 416 g/mol. The average Bonchev–Trinajstić information content (AvgIpc) is 2.78. The Balaban J connectivity index is 1.93. The third-order valence-electron chi connectivity index (χ3n) is 4.39. The molecule has 0 saturated heterocycles. The van der Waals surface area contributed by atoms with Crippen LogP contribution in [0.4, 0.5) is 5.82 Å². The predicted octanol–water partition coefficient (Wildman–Crippen LogP) is 3.78. The highest BCUT2D eigenvalue weighted by atomic mass is 32.2. The van der Waals surface area contributed by atoms with Gasteiger partial charge in [-0.2, -0.15) is 10.5 Å². The van der Waals surface area contributed by atoms with Crippen LogP contribution in [-0.2, 0) is 6.42 Å². The summed E-state index contributed by atoms with van der Waals surface area (Å²) < 4.78 is 5.38. The maximum atomic E-state index is 9.85. The number of nitrogens with zero attached hydrogens (tertiary/aromatic N) is 3. The normalized spacial score (nSPS) is 10.2. The molecule has 0 aliphatic carbocycles. The lowest BCUT2D eigenvalue weighted by atomic mass is 9.97. The molecular weight excluding hydrogens is 396 g/mol. The zero-order valence-corrected chi connectivity index (χ0v) is 17.0. The van der Waals surface area contributed by atoms with E-state index in [0.717, 1.165) is 12.2 Å². The van der Waals surface area contributed by atoms with E-state index in [1.165, 1.54) is 17.3 Å². The van der Waals surface area contributed by atoms with Crippen molar-refractivity contribution in [3.8, 4) is 29.0 Å². The molecule has 0 amide bonds. The van der Waals surface area contributed by atoms with Gasteiger partial charge in [-0.05, 0) is 29.7 Å². The number of anilines is 1. The van der Waals surface area contributed by atoms with E-state index in [1.807, 2.05) is 18.2 Å². The van der Waals surface area contributed by atoms with Crippen molar-refractivity contribution >= 4 is 17.6 Å². The van der Waals surface area contributed by atoms with Gasteiger partial charge in [-0.3, -0.25) is 0 Å². The van der Waals surface area contributed by atoms with E-state index in [0.29, 0.717) is 27.5 Å². The zero-order chi connectivity index (χ0) is 21.3. The van der Waals surface area contributed by atoms with E-state index in [4.69, 9.17) is 15.6 Å². The molecule has 1 heterocycles. The fourth-order valence-electron chi connectivity index (χ4n) is 2.98. The number of rotatable bonds is 8. The Kier molecular flexibility index (Phi) is 7.29. The van der Waals surface area contributed by atoms with Gasteiger partial charge in [0.05, 0.1) is 12.2 Å². The van der Waals surface area contributed by atoms with E-state index in [2.05, 4.69) is 29.3 Å². The van der Waals surface area contributed by atoms with Crippen LogP contribution in [0.5, 0.6) is 5.75 Å². The van der Waals surface area contributed by atoms with Gasteiger partial charge in [0.1, 0.15) is 40.9 Å². The van der Waals surface area contributed by atoms with Gasteiger partial charge in [0.25, 0.3) is 0 Å². The molecular formula is C23H20N4O2S. The topological polar surface area (TPSA) is 116 Å². The molecule has 0 saturated carbocycles. The van der Waals surface area contributed by atoms with Crippen LogP contribution in [0, 0.1) is 22.7 Å². The lowest BCUT2D eigenvalue weighted by Crippen LogP contribution is -2.04. The third-order valence-corrected chi connectivity index (χ3v) is 5.37. The first-order chi connectivity index (χ1) is 14.7. The lowest BCUT2D eigenvalue weighted by Gasteiger charge is -2.13. The summed E-state index contributed by atoms with van der Waals surface area (Å²) >= 11 is 1.45. The molecule has 0 unspecified atom stereocenters. The maximum absolute atomic E-state index is 9.85. The van der Waals surface area contributed by atoms with Crippen molar-refractivity contribution in [2.45, 2.75) is 11.4 Å². The van der Waals surface area contributed by atoms with Gasteiger partial charge < -0.3 is 15.6 Å². The number of thioether (sulfide) groups is 1. The molecule has 0 aliphatic heterocycles. The molecule has 2 aromatic carbocycles. The number of hydrogen-bond acceptors (Lipinski definition) is 7. The molecule has 0 spiro atoms. The molecule has 6 nitrogen and oxygen atoms in total. The quantitative estimate of drug-likeness (QED) is 0.537. The number of hydrogen-bond donors (Lipinski definition) is 2. The SMILES string of the molecule is N#Cc1c(N)nc(SCCc2ccccc2)c(C#N)c1-c1ccc(OCCO)cc1. The van der Waals surface area contributed by atoms with Crippen molar-refractivity contribution in [3.05, 3.63) is 71.3 Å². The molecule has 3 aromatic rings. The Hall–Kier alpha value is -3.52. The Morgan fingerprint density at radius 1 is 1.00 bits per heavy atom. The molecule has 0 radical (unpaired) electrons. The number of aryl methyl sites for hydroxylation is 1. The first-order valence-electron chi connectivity index (χ1n) is 9.32. The molecule has 0 aliphatic rings. The summed E-state index contributed by atoms with van der Waals surface area (Å²) in [4.78, 5) is 4.33. The number of ether oxygens (including phenoxy) is 1. The summed E-state index contributed by atoms with van der Waals surface area (Å²) in [6, 6.07) is 21.3. The molecule has 7 heteroatoms. The lowest BCUT2D eigenvalue weighted by molar-refractivity contribution is 0.201. The molecule has 30 heavy (non-hydrogen) atoms. The van der Waals surface area contributed by atoms with E-state index in [-0.39, 0.29) is 24.6 Å². The van der Waals surface area contributed by atoms with E-state index >= 15 is 0 Å². The smallest absolute Gasteiger partial charge is 0.143 e. The number of nitriles is 2. The van der Waals surface area contributed by atoms with Gasteiger partial charge in [-0.25, -0.2) is 4.98 Å². The minimum absolute atomic E-state index is 0.0800. The number of benzene rings is 2. The van der Waals surface area contributed by atoms with Crippen molar-refractivity contribution in [2.75, 3.05) is 24.7 Å². The second kappa shape index (κ2) is 10.3. The van der Waals surface area contributed by atoms with Crippen LogP contribution in [0.15, 0.2) is 59.6 Å². The number of aromatic nitrogens is 1. The zero-order valence-electron chi connectivity index (χ0n) is 16.2. The first-order valence-corrected chi connectivity index (χ1v) is 10.3. The van der Waals surface area contributed by atoms with Crippen LogP contribution in [0.3, 0.4) is 0 Å². The Bertz CT molecular complexity index is 1090. The number of nitrogens with two attached hydrogens (primary N) is 1. The van der Waals surface area contributed by atoms with Crippen LogP contribution < -0.4 is 10.5 Å². The molecule has 150 valence electrons. The number of nitrogen functional groups attached to an aromatic ring is 1. The maximum Gasteiger partial charge on any atom is 0.143 e. The first kappa shape index (κ1) is 21.2. The summed E-state index contributed by atoms with van der Waals surface area (Å²) in [6.45, 7) is 0.111. The van der Waals surface area contributed by atoms with Crippen molar-refractivity contribution < 1.29 is 9.84 Å². The summed E-state index contributed by atoms with van der Waals surface area (Å²) in [5.74, 6) is 1.42. The predicted molar refractivity (Wildman–Crippen MR) is 117 cm³/mol. The average molecular weight is 417 g/mol. The van der Waals surface area contributed by atoms with Crippen LogP contribution in [0.25, 0.3) is 11.1 Å². The molecule has 0 bridgehead atoms. The van der Waals surface area contributed by atoms with Crippen molar-refractivity contribution in [2.24, 2.45) is 0 Å². The van der Waals surface area contributed by atoms with Gasteiger partial charge in [0, 0.05) is 11.3 Å². The summed E-state index contributed by atoms with van der Waals surface area (Å²) in [5.41, 5.74) is 8.94. The fourth-order valence-corrected chi connectivity index (χ4v) is 3.97. The highest BCUT2D eigenvalue weighted by Gasteiger charge is 2.20. The molecule has 3 N–H and O–H groups in total. The summed E-state index contributed by atoms with van der Waals surface area (Å²) in [6.07, 6.45) is 0.824. The van der Waals surface area contributed by atoms with Crippen LogP contribution in [0.2, 0.25) is 0 Å². The summed E-state index contributed by atoms with van der Waals surface area (Å²) in [5, 5.41) is 28.9. The van der Waals surface area contributed by atoms with Gasteiger partial charge >= 0.3 is 0 Å². The summed E-state index contributed by atoms with van der Waals surface area (Å²) in [7, 11) is 0. The highest BCUT2D eigenvalue weighted by molar-refractivity contribution is 7.99. The fraction of sp³-hybridized carbons (Fsp3) is 0.174. The van der Waals surface area contributed by atoms with Crippen LogP contribution in [0.1, 0.15) is 16.7 Å². The Morgan fingerprint density at radius 2 is 1.70 bits per heavy atom. The van der Waals surface area contributed by atoms with Crippen molar-refractivity contribution in [3.63, 3.8) is 0 Å². The highest BCUT2D eigenvalue weighted by Crippen LogP contribution is 2.36. The second-order valence-electron chi connectivity index (χ2n) is 6.33. The van der Waals surface area contributed by atoms with Gasteiger partial charge in [0.2, 0.25) is 0 Å². The van der Waals surface area contributed by atoms with E-state index in [1.54, 1.807) is 24.3 Å². The molecule has 3 rings (SSSR count). The third kappa shape index (κ3) is 4.90.